The van der Waals surface area contributed by atoms with Gasteiger partial charge < -0.3 is 5.11 Å². The molecular formula is C16H12F3NO2. The van der Waals surface area contributed by atoms with Crippen LogP contribution in [0, 0.1) is 5.92 Å². The van der Waals surface area contributed by atoms with E-state index in [1.165, 1.54) is 6.20 Å². The van der Waals surface area contributed by atoms with Gasteiger partial charge in [-0.3, -0.25) is 9.78 Å². The zero-order valence-electron chi connectivity index (χ0n) is 11.3. The number of nitrogens with zero attached hydrogens (tertiary/aromatic N) is 1. The topological polar surface area (TPSA) is 50.2 Å². The largest absolute Gasteiger partial charge is 0.481 e. The van der Waals surface area contributed by atoms with Crippen molar-refractivity contribution in [2.45, 2.75) is 18.5 Å². The summed E-state index contributed by atoms with van der Waals surface area (Å²) in [4.78, 5) is 14.7. The highest BCUT2D eigenvalue weighted by Crippen LogP contribution is 2.50. The maximum atomic E-state index is 12.8. The summed E-state index contributed by atoms with van der Waals surface area (Å²) in [6, 6.07) is 7.99. The maximum Gasteiger partial charge on any atom is 0.417 e. The van der Waals surface area contributed by atoms with Crippen LogP contribution in [0.4, 0.5) is 13.2 Å². The van der Waals surface area contributed by atoms with Crippen LogP contribution in [0.15, 0.2) is 42.7 Å². The predicted octanol–water partition coefficient (Wildman–Crippen LogP) is 3.96. The molecule has 22 heavy (non-hydrogen) atoms. The average Bonchev–Trinajstić information content (AvgIpc) is 3.27. The van der Waals surface area contributed by atoms with Crippen molar-refractivity contribution >= 4 is 5.97 Å². The van der Waals surface area contributed by atoms with Crippen molar-refractivity contribution in [1.82, 2.24) is 4.98 Å². The highest BCUT2D eigenvalue weighted by molar-refractivity contribution is 5.78. The lowest BCUT2D eigenvalue weighted by atomic mass is 9.96. The van der Waals surface area contributed by atoms with Gasteiger partial charge in [-0.15, -0.1) is 0 Å². The third-order valence-corrected chi connectivity index (χ3v) is 3.84. The van der Waals surface area contributed by atoms with E-state index in [1.54, 1.807) is 24.3 Å². The van der Waals surface area contributed by atoms with E-state index in [-0.39, 0.29) is 5.92 Å². The van der Waals surface area contributed by atoms with Gasteiger partial charge in [-0.25, -0.2) is 0 Å². The number of hydrogen-bond donors (Lipinski definition) is 1. The number of aromatic nitrogens is 1. The molecule has 0 aliphatic heterocycles. The van der Waals surface area contributed by atoms with Gasteiger partial charge in [0.2, 0.25) is 0 Å². The number of halogens is 3. The SMILES string of the molecule is O=C(O)[C@@H]1C[C@H]1c1ccccc1-c1cncc(C(F)(F)F)c1. The van der Waals surface area contributed by atoms with E-state index >= 15 is 0 Å². The van der Waals surface area contributed by atoms with Gasteiger partial charge >= 0.3 is 12.1 Å². The molecule has 114 valence electrons. The second-order valence-electron chi connectivity index (χ2n) is 5.33. The van der Waals surface area contributed by atoms with Gasteiger partial charge in [0.15, 0.2) is 0 Å². The van der Waals surface area contributed by atoms with Crippen LogP contribution in [-0.2, 0) is 11.0 Å². The molecule has 0 radical (unpaired) electrons. The number of carbonyl (C=O) groups is 1. The van der Waals surface area contributed by atoms with E-state index in [0.29, 0.717) is 17.5 Å². The Balaban J connectivity index is 2.01. The quantitative estimate of drug-likeness (QED) is 0.934. The first-order valence-corrected chi connectivity index (χ1v) is 6.72. The molecule has 0 bridgehead atoms. The fourth-order valence-electron chi connectivity index (χ4n) is 2.64. The molecule has 1 fully saturated rings. The minimum atomic E-state index is -4.46. The molecule has 1 aromatic carbocycles. The maximum absolute atomic E-state index is 12.8. The van der Waals surface area contributed by atoms with Crippen LogP contribution < -0.4 is 0 Å². The highest BCUT2D eigenvalue weighted by atomic mass is 19.4. The molecule has 1 N–H and O–H groups in total. The summed E-state index contributed by atoms with van der Waals surface area (Å²) >= 11 is 0. The molecule has 3 nitrogen and oxygen atoms in total. The summed E-state index contributed by atoms with van der Waals surface area (Å²) in [6.45, 7) is 0. The lowest BCUT2D eigenvalue weighted by Crippen LogP contribution is -2.05. The Bertz CT molecular complexity index is 727. The van der Waals surface area contributed by atoms with Crippen LogP contribution in [0.5, 0.6) is 0 Å². The molecule has 1 saturated carbocycles. The third-order valence-electron chi connectivity index (χ3n) is 3.84. The Labute approximate surface area is 124 Å². The van der Waals surface area contributed by atoms with Gasteiger partial charge in [-0.2, -0.15) is 13.2 Å². The first-order chi connectivity index (χ1) is 10.4. The van der Waals surface area contributed by atoms with Gasteiger partial charge in [0.1, 0.15) is 0 Å². The molecule has 2 atom stereocenters. The minimum absolute atomic E-state index is 0.150. The molecule has 0 unspecified atom stereocenters. The molecule has 1 aliphatic rings. The normalized spacial score (nSPS) is 20.7. The Morgan fingerprint density at radius 1 is 1.23 bits per heavy atom. The molecule has 0 saturated heterocycles. The van der Waals surface area contributed by atoms with Crippen molar-refractivity contribution in [3.63, 3.8) is 0 Å². The molecule has 0 spiro atoms. The number of benzene rings is 1. The van der Waals surface area contributed by atoms with Gasteiger partial charge in [-0.1, -0.05) is 24.3 Å². The summed E-state index contributed by atoms with van der Waals surface area (Å²) in [7, 11) is 0. The number of rotatable bonds is 3. The number of carboxylic acids is 1. The molecule has 3 rings (SSSR count). The van der Waals surface area contributed by atoms with Gasteiger partial charge in [-0.05, 0) is 29.5 Å². The molecule has 1 aromatic heterocycles. The van der Waals surface area contributed by atoms with Crippen molar-refractivity contribution < 1.29 is 23.1 Å². The van der Waals surface area contributed by atoms with Gasteiger partial charge in [0.25, 0.3) is 0 Å². The van der Waals surface area contributed by atoms with E-state index in [9.17, 15) is 18.0 Å². The average molecular weight is 307 g/mol. The van der Waals surface area contributed by atoms with Crippen molar-refractivity contribution in [3.8, 4) is 11.1 Å². The Morgan fingerprint density at radius 3 is 2.59 bits per heavy atom. The van der Waals surface area contributed by atoms with E-state index in [1.807, 2.05) is 0 Å². The summed E-state index contributed by atoms with van der Waals surface area (Å²) in [5.41, 5.74) is 0.901. The van der Waals surface area contributed by atoms with Crippen LogP contribution >= 0.6 is 0 Å². The van der Waals surface area contributed by atoms with E-state index in [4.69, 9.17) is 5.11 Å². The Kier molecular flexibility index (Phi) is 3.39. The number of pyridine rings is 1. The summed E-state index contributed by atoms with van der Waals surface area (Å²) < 4.78 is 38.4. The monoisotopic (exact) mass is 307 g/mol. The molecular weight excluding hydrogens is 295 g/mol. The van der Waals surface area contributed by atoms with Crippen molar-refractivity contribution in [2.75, 3.05) is 0 Å². The lowest BCUT2D eigenvalue weighted by molar-refractivity contribution is -0.139. The first kappa shape index (κ1) is 14.6. The number of carboxylic acid groups (broad SMARTS) is 1. The first-order valence-electron chi connectivity index (χ1n) is 6.72. The fourth-order valence-corrected chi connectivity index (χ4v) is 2.64. The summed E-state index contributed by atoms with van der Waals surface area (Å²) in [5.74, 6) is -1.48. The zero-order valence-corrected chi connectivity index (χ0v) is 11.3. The number of aliphatic carboxylic acids is 1. The second kappa shape index (κ2) is 5.12. The van der Waals surface area contributed by atoms with E-state index in [0.717, 1.165) is 17.8 Å². The standard InChI is InChI=1S/C16H12F3NO2/c17-16(18,19)10-5-9(7-20-8-10)11-3-1-2-4-12(11)13-6-14(13)15(21)22/h1-5,7-8,13-14H,6H2,(H,21,22)/t13-,14+/m0/s1. The van der Waals surface area contributed by atoms with Gasteiger partial charge in [0.05, 0.1) is 11.5 Å². The van der Waals surface area contributed by atoms with Crippen LogP contribution in [0.2, 0.25) is 0 Å². The summed E-state index contributed by atoms with van der Waals surface area (Å²) in [6.07, 6.45) is -1.80. The van der Waals surface area contributed by atoms with Crippen molar-refractivity contribution in [1.29, 1.82) is 0 Å². The molecule has 6 heteroatoms. The van der Waals surface area contributed by atoms with Crippen molar-refractivity contribution in [2.24, 2.45) is 5.92 Å². The Hall–Kier alpha value is -2.37. The molecule has 1 heterocycles. The zero-order chi connectivity index (χ0) is 15.9. The van der Waals surface area contributed by atoms with E-state index in [2.05, 4.69) is 4.98 Å². The van der Waals surface area contributed by atoms with Crippen LogP contribution in [0.3, 0.4) is 0 Å². The third kappa shape index (κ3) is 2.68. The highest BCUT2D eigenvalue weighted by Gasteiger charge is 2.45. The molecule has 2 aromatic rings. The predicted molar refractivity (Wildman–Crippen MR) is 73.2 cm³/mol. The smallest absolute Gasteiger partial charge is 0.417 e. The number of alkyl halides is 3. The fraction of sp³-hybridized carbons (Fsp3) is 0.250. The van der Waals surface area contributed by atoms with E-state index < -0.39 is 23.6 Å². The van der Waals surface area contributed by atoms with Gasteiger partial charge in [0, 0.05) is 18.0 Å². The summed E-state index contributed by atoms with van der Waals surface area (Å²) in [5, 5.41) is 9.04. The minimum Gasteiger partial charge on any atom is -0.481 e. The second-order valence-corrected chi connectivity index (χ2v) is 5.33. The Morgan fingerprint density at radius 2 is 1.95 bits per heavy atom. The molecule has 0 amide bonds. The van der Waals surface area contributed by atoms with Crippen molar-refractivity contribution in [3.05, 3.63) is 53.9 Å². The van der Waals surface area contributed by atoms with Crippen LogP contribution in [0.25, 0.3) is 11.1 Å². The lowest BCUT2D eigenvalue weighted by Gasteiger charge is -2.11. The van der Waals surface area contributed by atoms with Crippen LogP contribution in [0.1, 0.15) is 23.5 Å². The number of hydrogen-bond acceptors (Lipinski definition) is 2. The van der Waals surface area contributed by atoms with Crippen LogP contribution in [-0.4, -0.2) is 16.1 Å². The molecule has 1 aliphatic carbocycles.